The normalized spacial score (nSPS) is 21.6. The minimum absolute atomic E-state index is 0.000264. The molecule has 2 aromatic rings. The zero-order valence-corrected chi connectivity index (χ0v) is 26.1. The summed E-state index contributed by atoms with van der Waals surface area (Å²) in [6.45, 7) is 19.2. The number of piperidine rings is 1. The molecule has 1 fully saturated rings. The zero-order valence-electron chi connectivity index (χ0n) is 26.1. The molecule has 1 saturated heterocycles. The molecule has 1 heterocycles. The number of hydrogen-bond donors (Lipinski definition) is 2. The number of benzene rings is 2. The number of ether oxygens (including phenoxy) is 1. The fourth-order valence-electron chi connectivity index (χ4n) is 7.26. The van der Waals surface area contributed by atoms with E-state index in [1.165, 1.54) is 5.56 Å². The third kappa shape index (κ3) is 5.79. The number of aryl methyl sites for hydroxylation is 2. The number of rotatable bonds is 11. The van der Waals surface area contributed by atoms with Crippen molar-refractivity contribution in [3.05, 3.63) is 64.7 Å². The smallest absolute Gasteiger partial charge is 0.322 e. The molecule has 2 aromatic carbocycles. The van der Waals surface area contributed by atoms with E-state index in [-0.39, 0.29) is 17.9 Å². The van der Waals surface area contributed by atoms with Gasteiger partial charge in [0.25, 0.3) is 0 Å². The molecule has 0 aliphatic carbocycles. The van der Waals surface area contributed by atoms with E-state index in [9.17, 15) is 14.7 Å². The van der Waals surface area contributed by atoms with Gasteiger partial charge in [-0.25, -0.2) is 0 Å². The number of carbonyl (C=O) groups is 2. The zero-order chi connectivity index (χ0) is 29.9. The second-order valence-corrected chi connectivity index (χ2v) is 12.8. The summed E-state index contributed by atoms with van der Waals surface area (Å²) < 4.78 is 5.72. The van der Waals surface area contributed by atoms with Crippen molar-refractivity contribution in [1.82, 2.24) is 10.2 Å². The highest BCUT2D eigenvalue weighted by atomic mass is 16.5. The summed E-state index contributed by atoms with van der Waals surface area (Å²) in [5.74, 6) is 0.489. The number of methoxy groups -OCH3 is 1. The Morgan fingerprint density at radius 2 is 1.80 bits per heavy atom. The Morgan fingerprint density at radius 1 is 1.12 bits per heavy atom. The molecule has 220 valence electrons. The number of carbonyl (C=O) groups excluding carboxylic acids is 1. The Labute approximate surface area is 241 Å². The Bertz CT molecular complexity index is 1210. The fourth-order valence-corrected chi connectivity index (χ4v) is 7.26. The van der Waals surface area contributed by atoms with Crippen LogP contribution in [0.3, 0.4) is 0 Å². The van der Waals surface area contributed by atoms with Crippen molar-refractivity contribution in [2.24, 2.45) is 17.3 Å². The van der Waals surface area contributed by atoms with Crippen molar-refractivity contribution < 1.29 is 19.4 Å². The number of nitrogens with zero attached hydrogens (tertiary/aromatic N) is 1. The van der Waals surface area contributed by atoms with Crippen LogP contribution >= 0.6 is 0 Å². The van der Waals surface area contributed by atoms with Crippen molar-refractivity contribution in [1.29, 1.82) is 0 Å². The average molecular weight is 551 g/mol. The molecule has 3 rings (SSSR count). The van der Waals surface area contributed by atoms with E-state index < -0.39 is 16.8 Å². The van der Waals surface area contributed by atoms with Crippen LogP contribution in [0.25, 0.3) is 0 Å². The molecular formula is C34H50N2O4. The lowest BCUT2D eigenvalue weighted by molar-refractivity contribution is -0.142. The summed E-state index contributed by atoms with van der Waals surface area (Å²) in [5.41, 5.74) is 3.30. The van der Waals surface area contributed by atoms with E-state index in [4.69, 9.17) is 4.74 Å². The number of aliphatic carboxylic acids is 1. The van der Waals surface area contributed by atoms with E-state index in [1.54, 1.807) is 7.11 Å². The molecule has 0 radical (unpaired) electrons. The SMILES string of the molecule is CC[C@H]1CN(C[C@@](C)(C(=O)NCC(=O)O)C(C)(C)c2ccccc2C)CC[C@]1(c1ccc(C)c(OC)c1)C(C)C. The van der Waals surface area contributed by atoms with E-state index in [0.29, 0.717) is 18.4 Å². The average Bonchev–Trinajstić information content (AvgIpc) is 2.91. The van der Waals surface area contributed by atoms with Crippen LogP contribution in [-0.4, -0.2) is 55.2 Å². The molecule has 6 heteroatoms. The van der Waals surface area contributed by atoms with Gasteiger partial charge in [-0.15, -0.1) is 0 Å². The van der Waals surface area contributed by atoms with E-state index >= 15 is 0 Å². The molecule has 0 saturated carbocycles. The van der Waals surface area contributed by atoms with Gasteiger partial charge < -0.3 is 20.1 Å². The largest absolute Gasteiger partial charge is 0.496 e. The molecule has 2 N–H and O–H groups in total. The number of likely N-dealkylation sites (tertiary alicyclic amines) is 1. The number of carboxylic acid groups (broad SMARTS) is 1. The predicted molar refractivity (Wildman–Crippen MR) is 162 cm³/mol. The molecule has 0 bridgehead atoms. The highest BCUT2D eigenvalue weighted by molar-refractivity contribution is 5.87. The highest BCUT2D eigenvalue weighted by Crippen LogP contribution is 2.50. The Morgan fingerprint density at radius 3 is 2.38 bits per heavy atom. The first-order valence-electron chi connectivity index (χ1n) is 14.7. The summed E-state index contributed by atoms with van der Waals surface area (Å²) in [5, 5.41) is 12.1. The second-order valence-electron chi connectivity index (χ2n) is 12.8. The van der Waals surface area contributed by atoms with Crippen molar-refractivity contribution in [2.45, 2.75) is 79.1 Å². The topological polar surface area (TPSA) is 78.9 Å². The molecule has 40 heavy (non-hydrogen) atoms. The lowest BCUT2D eigenvalue weighted by atomic mass is 9.58. The Hall–Kier alpha value is -2.86. The molecule has 1 aliphatic rings. The van der Waals surface area contributed by atoms with Crippen LogP contribution in [0.4, 0.5) is 0 Å². The molecule has 0 aromatic heterocycles. The monoisotopic (exact) mass is 550 g/mol. The van der Waals surface area contributed by atoms with Crippen LogP contribution in [0.1, 0.15) is 76.6 Å². The Balaban J connectivity index is 2.01. The molecular weight excluding hydrogens is 500 g/mol. The van der Waals surface area contributed by atoms with Gasteiger partial charge in [-0.3, -0.25) is 9.59 Å². The minimum Gasteiger partial charge on any atom is -0.496 e. The summed E-state index contributed by atoms with van der Waals surface area (Å²) in [4.78, 5) is 27.7. The van der Waals surface area contributed by atoms with Crippen LogP contribution in [0.15, 0.2) is 42.5 Å². The van der Waals surface area contributed by atoms with Gasteiger partial charge in [-0.2, -0.15) is 0 Å². The number of amides is 1. The summed E-state index contributed by atoms with van der Waals surface area (Å²) in [6, 6.07) is 14.9. The van der Waals surface area contributed by atoms with Crippen LogP contribution in [-0.2, 0) is 20.4 Å². The van der Waals surface area contributed by atoms with Gasteiger partial charge in [0.15, 0.2) is 0 Å². The summed E-state index contributed by atoms with van der Waals surface area (Å²) in [6.07, 6.45) is 2.00. The predicted octanol–water partition coefficient (Wildman–Crippen LogP) is 6.12. The first-order valence-corrected chi connectivity index (χ1v) is 14.7. The molecule has 6 nitrogen and oxygen atoms in total. The Kier molecular flexibility index (Phi) is 9.77. The first-order chi connectivity index (χ1) is 18.7. The van der Waals surface area contributed by atoms with Gasteiger partial charge in [-0.05, 0) is 73.9 Å². The maximum absolute atomic E-state index is 13.9. The van der Waals surface area contributed by atoms with Crippen LogP contribution in [0.5, 0.6) is 5.75 Å². The van der Waals surface area contributed by atoms with Gasteiger partial charge in [0.1, 0.15) is 12.3 Å². The van der Waals surface area contributed by atoms with Crippen molar-refractivity contribution in [3.63, 3.8) is 0 Å². The van der Waals surface area contributed by atoms with Gasteiger partial charge in [0, 0.05) is 23.9 Å². The maximum Gasteiger partial charge on any atom is 0.322 e. The highest BCUT2D eigenvalue weighted by Gasteiger charge is 2.52. The van der Waals surface area contributed by atoms with Crippen LogP contribution in [0, 0.1) is 31.1 Å². The number of hydrogen-bond acceptors (Lipinski definition) is 4. The van der Waals surface area contributed by atoms with Gasteiger partial charge >= 0.3 is 5.97 Å². The third-order valence-corrected chi connectivity index (χ3v) is 10.2. The number of nitrogens with one attached hydrogen (secondary N) is 1. The van der Waals surface area contributed by atoms with Gasteiger partial charge in [-0.1, -0.05) is 77.4 Å². The minimum atomic E-state index is -1.04. The molecule has 1 aliphatic heterocycles. The van der Waals surface area contributed by atoms with E-state index in [2.05, 4.69) is 89.0 Å². The van der Waals surface area contributed by atoms with Crippen molar-refractivity contribution in [3.8, 4) is 5.75 Å². The van der Waals surface area contributed by atoms with Gasteiger partial charge in [0.2, 0.25) is 5.91 Å². The van der Waals surface area contributed by atoms with Crippen LogP contribution < -0.4 is 10.1 Å². The fraction of sp³-hybridized carbons (Fsp3) is 0.588. The standard InChI is InChI=1S/C34H50N2O4/c1-10-26-21-36(18-17-34(26,23(2)3)27-16-15-25(5)29(19-27)40-9)22-33(8,31(39)35-20-30(37)38)32(6,7)28-14-12-11-13-24(28)4/h11-16,19,23,26H,10,17-18,20-22H2,1-9H3,(H,35,39)(H,37,38)/t26-,33-,34-/m0/s1. The number of carboxylic acids is 1. The molecule has 3 atom stereocenters. The third-order valence-electron chi connectivity index (χ3n) is 10.2. The lowest BCUT2D eigenvalue weighted by Gasteiger charge is -2.54. The molecule has 0 unspecified atom stereocenters. The van der Waals surface area contributed by atoms with E-state index in [1.807, 2.05) is 19.1 Å². The van der Waals surface area contributed by atoms with Crippen molar-refractivity contribution in [2.75, 3.05) is 33.3 Å². The molecule has 0 spiro atoms. The van der Waals surface area contributed by atoms with Crippen LogP contribution in [0.2, 0.25) is 0 Å². The molecule has 1 amide bonds. The lowest BCUT2D eigenvalue weighted by Crippen LogP contribution is -2.60. The second kappa shape index (κ2) is 12.3. The summed E-state index contributed by atoms with van der Waals surface area (Å²) in [7, 11) is 1.74. The van der Waals surface area contributed by atoms with E-state index in [0.717, 1.165) is 48.4 Å². The first kappa shape index (κ1) is 31.7. The summed E-state index contributed by atoms with van der Waals surface area (Å²) >= 11 is 0. The van der Waals surface area contributed by atoms with Crippen molar-refractivity contribution >= 4 is 11.9 Å². The maximum atomic E-state index is 13.9. The van der Waals surface area contributed by atoms with Gasteiger partial charge in [0.05, 0.1) is 12.5 Å². The quantitative estimate of drug-likeness (QED) is 0.352.